The Hall–Kier alpha value is -0.640. The number of aryl methyl sites for hydroxylation is 2. The zero-order valence-corrected chi connectivity index (χ0v) is 13.7. The molecule has 4 rings (SSSR count). The molecule has 1 nitrogen and oxygen atoms in total. The highest BCUT2D eigenvalue weighted by Crippen LogP contribution is 2.64. The van der Waals surface area contributed by atoms with Crippen LogP contribution in [0.25, 0.3) is 0 Å². The summed E-state index contributed by atoms with van der Waals surface area (Å²) in [6, 6.07) is 10.9. The topological polar surface area (TPSA) is 20.2 Å². The maximum absolute atomic E-state index is 10.8. The van der Waals surface area contributed by atoms with Gasteiger partial charge in [-0.15, -0.1) is 11.3 Å². The van der Waals surface area contributed by atoms with Gasteiger partial charge in [0, 0.05) is 20.1 Å². The molecule has 4 unspecified atom stereocenters. The van der Waals surface area contributed by atoms with Crippen LogP contribution in [0, 0.1) is 18.8 Å². The second-order valence-electron chi connectivity index (χ2n) is 6.02. The quantitative estimate of drug-likeness (QED) is 0.823. The van der Waals surface area contributed by atoms with Crippen LogP contribution in [-0.2, 0) is 6.42 Å². The number of halogens is 1. The highest BCUT2D eigenvalue weighted by atomic mass is 79.9. The van der Waals surface area contributed by atoms with Crippen molar-refractivity contribution < 1.29 is 5.11 Å². The lowest BCUT2D eigenvalue weighted by molar-refractivity contribution is 0.148. The van der Waals surface area contributed by atoms with E-state index >= 15 is 0 Å². The van der Waals surface area contributed by atoms with E-state index in [1.54, 1.807) is 11.3 Å². The van der Waals surface area contributed by atoms with Gasteiger partial charge in [0.25, 0.3) is 0 Å². The molecule has 2 aromatic rings. The van der Waals surface area contributed by atoms with Gasteiger partial charge in [-0.25, -0.2) is 0 Å². The highest BCUT2D eigenvalue weighted by Gasteiger charge is 2.56. The summed E-state index contributed by atoms with van der Waals surface area (Å²) >= 11 is 5.32. The minimum atomic E-state index is -0.316. The van der Waals surface area contributed by atoms with E-state index in [2.05, 4.69) is 53.2 Å². The van der Waals surface area contributed by atoms with E-state index in [4.69, 9.17) is 0 Å². The first-order valence-corrected chi connectivity index (χ1v) is 8.79. The van der Waals surface area contributed by atoms with Gasteiger partial charge in [0.05, 0.1) is 6.10 Å². The van der Waals surface area contributed by atoms with Gasteiger partial charge in [-0.1, -0.05) is 24.3 Å². The van der Waals surface area contributed by atoms with E-state index in [1.807, 2.05) is 0 Å². The van der Waals surface area contributed by atoms with E-state index in [1.165, 1.54) is 28.8 Å². The van der Waals surface area contributed by atoms with Crippen molar-refractivity contribution in [1.82, 2.24) is 0 Å². The fourth-order valence-electron chi connectivity index (χ4n) is 3.93. The van der Waals surface area contributed by atoms with Crippen molar-refractivity contribution in [2.45, 2.75) is 31.8 Å². The molecule has 0 saturated heterocycles. The van der Waals surface area contributed by atoms with Crippen molar-refractivity contribution in [2.24, 2.45) is 11.8 Å². The Bertz CT molecular complexity index is 663. The summed E-state index contributed by atoms with van der Waals surface area (Å²) < 4.78 is 1.07. The number of benzene rings is 1. The van der Waals surface area contributed by atoms with Crippen LogP contribution in [0.4, 0.5) is 0 Å². The lowest BCUT2D eigenvalue weighted by Gasteiger charge is -2.13. The first-order chi connectivity index (χ1) is 9.66. The van der Waals surface area contributed by atoms with Gasteiger partial charge >= 0.3 is 0 Å². The molecule has 20 heavy (non-hydrogen) atoms. The Morgan fingerprint density at radius 3 is 2.90 bits per heavy atom. The van der Waals surface area contributed by atoms with Crippen LogP contribution < -0.4 is 0 Å². The van der Waals surface area contributed by atoms with E-state index in [0.717, 1.165) is 9.35 Å². The molecule has 2 aliphatic rings. The van der Waals surface area contributed by atoms with Crippen LogP contribution in [0.3, 0.4) is 0 Å². The summed E-state index contributed by atoms with van der Waals surface area (Å²) in [5.41, 5.74) is 2.97. The van der Waals surface area contributed by atoms with Gasteiger partial charge < -0.3 is 5.11 Å². The minimum absolute atomic E-state index is 0.316. The SMILES string of the molecule is Cc1cc(Br)c(C(O)C2C3CCc4ccccc4C32)s1. The van der Waals surface area contributed by atoms with E-state index in [9.17, 15) is 5.11 Å². The summed E-state index contributed by atoms with van der Waals surface area (Å²) in [4.78, 5) is 2.37. The fraction of sp³-hybridized carbons (Fsp3) is 0.412. The molecule has 1 saturated carbocycles. The average Bonchev–Trinajstić information content (AvgIpc) is 3.09. The van der Waals surface area contributed by atoms with Crippen molar-refractivity contribution in [3.05, 3.63) is 55.7 Å². The van der Waals surface area contributed by atoms with Crippen LogP contribution in [-0.4, -0.2) is 5.11 Å². The molecule has 1 aromatic carbocycles. The fourth-order valence-corrected chi connectivity index (χ4v) is 5.86. The number of aliphatic hydroxyl groups excluding tert-OH is 1. The second kappa shape index (κ2) is 4.69. The molecule has 0 bridgehead atoms. The van der Waals surface area contributed by atoms with Gasteiger partial charge in [0.15, 0.2) is 0 Å². The Balaban J connectivity index is 1.65. The van der Waals surface area contributed by atoms with E-state index in [-0.39, 0.29) is 6.10 Å². The standard InChI is InChI=1S/C17H17BrOS/c1-9-8-13(18)17(20-9)16(19)15-12-7-6-10-4-2-3-5-11(10)14(12)15/h2-5,8,12,14-16,19H,6-7H2,1H3. The predicted molar refractivity (Wildman–Crippen MR) is 86.2 cm³/mol. The third-order valence-electron chi connectivity index (χ3n) is 4.86. The van der Waals surface area contributed by atoms with E-state index < -0.39 is 0 Å². The van der Waals surface area contributed by atoms with Gasteiger partial charge in [0.2, 0.25) is 0 Å². The summed E-state index contributed by atoms with van der Waals surface area (Å²) in [5, 5.41) is 10.8. The number of thiophene rings is 1. The van der Waals surface area contributed by atoms with Gasteiger partial charge in [-0.05, 0) is 64.7 Å². The van der Waals surface area contributed by atoms with Crippen LogP contribution in [0.5, 0.6) is 0 Å². The Morgan fingerprint density at radius 1 is 1.35 bits per heavy atom. The second-order valence-corrected chi connectivity index (χ2v) is 8.16. The Kier molecular flexibility index (Phi) is 3.06. The van der Waals surface area contributed by atoms with Crippen molar-refractivity contribution in [1.29, 1.82) is 0 Å². The number of rotatable bonds is 2. The number of aliphatic hydroxyl groups is 1. The molecular weight excluding hydrogens is 332 g/mol. The number of fused-ring (bicyclic) bond motifs is 3. The van der Waals surface area contributed by atoms with Gasteiger partial charge in [0.1, 0.15) is 0 Å². The molecule has 1 fully saturated rings. The largest absolute Gasteiger partial charge is 0.387 e. The van der Waals surface area contributed by atoms with Gasteiger partial charge in [-0.2, -0.15) is 0 Å². The van der Waals surface area contributed by atoms with Crippen LogP contribution in [0.2, 0.25) is 0 Å². The molecule has 1 heterocycles. The molecule has 104 valence electrons. The molecule has 0 spiro atoms. The zero-order valence-electron chi connectivity index (χ0n) is 11.3. The molecule has 3 heteroatoms. The normalized spacial score (nSPS) is 28.6. The zero-order chi connectivity index (χ0) is 13.9. The summed E-state index contributed by atoms with van der Waals surface area (Å²) in [5.74, 6) is 1.66. The third kappa shape index (κ3) is 1.91. The van der Waals surface area contributed by atoms with Gasteiger partial charge in [-0.3, -0.25) is 0 Å². The molecular formula is C17H17BrOS. The lowest BCUT2D eigenvalue weighted by atomic mass is 9.92. The average molecular weight is 349 g/mol. The first-order valence-electron chi connectivity index (χ1n) is 7.18. The summed E-state index contributed by atoms with van der Waals surface area (Å²) in [7, 11) is 0. The summed E-state index contributed by atoms with van der Waals surface area (Å²) in [6.07, 6.45) is 2.08. The van der Waals surface area contributed by atoms with Crippen LogP contribution in [0.15, 0.2) is 34.8 Å². The Morgan fingerprint density at radius 2 is 2.15 bits per heavy atom. The van der Waals surface area contributed by atoms with Crippen LogP contribution in [0.1, 0.15) is 39.3 Å². The molecule has 1 aromatic heterocycles. The van der Waals surface area contributed by atoms with Crippen molar-refractivity contribution >= 4 is 27.3 Å². The smallest absolute Gasteiger partial charge is 0.0930 e. The maximum atomic E-state index is 10.8. The van der Waals surface area contributed by atoms with Crippen molar-refractivity contribution in [3.63, 3.8) is 0 Å². The predicted octanol–water partition coefficient (Wildman–Crippen LogP) is 4.83. The molecule has 0 aliphatic heterocycles. The number of hydrogen-bond acceptors (Lipinski definition) is 2. The Labute approximate surface area is 131 Å². The van der Waals surface area contributed by atoms with Crippen molar-refractivity contribution in [3.8, 4) is 0 Å². The molecule has 0 amide bonds. The van der Waals surface area contributed by atoms with Crippen molar-refractivity contribution in [2.75, 3.05) is 0 Å². The van der Waals surface area contributed by atoms with E-state index in [0.29, 0.717) is 17.8 Å². The first kappa shape index (κ1) is 13.1. The monoisotopic (exact) mass is 348 g/mol. The number of hydrogen-bond donors (Lipinski definition) is 1. The molecule has 2 aliphatic carbocycles. The molecule has 0 radical (unpaired) electrons. The van der Waals surface area contributed by atoms with Crippen LogP contribution >= 0.6 is 27.3 Å². The summed E-state index contributed by atoms with van der Waals surface area (Å²) in [6.45, 7) is 2.10. The maximum Gasteiger partial charge on any atom is 0.0930 e. The highest BCUT2D eigenvalue weighted by molar-refractivity contribution is 9.10. The minimum Gasteiger partial charge on any atom is -0.387 e. The third-order valence-corrected chi connectivity index (χ3v) is 6.90. The molecule has 1 N–H and O–H groups in total. The lowest BCUT2D eigenvalue weighted by Crippen LogP contribution is -2.00. The molecule has 4 atom stereocenters.